The predicted molar refractivity (Wildman–Crippen MR) is 103 cm³/mol. The Bertz CT molecular complexity index is 553. The topological polar surface area (TPSA) is 41.8 Å². The van der Waals surface area contributed by atoms with Crippen LogP contribution in [0.4, 0.5) is 13.2 Å². The number of aliphatic hydroxyl groups is 1. The third-order valence-corrected chi connectivity index (χ3v) is 12.4. The molecule has 3 nitrogen and oxygen atoms in total. The van der Waals surface area contributed by atoms with Gasteiger partial charge in [-0.3, -0.25) is 4.99 Å². The van der Waals surface area contributed by atoms with E-state index in [0.29, 0.717) is 0 Å². The lowest BCUT2D eigenvalue weighted by Gasteiger charge is -2.61. The normalized spacial score (nSPS) is 32.8. The fraction of sp³-hybridized carbons (Fsp3) is 0.947. The summed E-state index contributed by atoms with van der Waals surface area (Å²) in [7, 11) is -3.17. The van der Waals surface area contributed by atoms with Gasteiger partial charge in [0.15, 0.2) is 0 Å². The smallest absolute Gasteiger partial charge is 0.378 e. The molecule has 0 amide bonds. The summed E-state index contributed by atoms with van der Waals surface area (Å²) in [6, 6.07) is 0. The maximum absolute atomic E-state index is 14.1. The van der Waals surface area contributed by atoms with Crippen molar-refractivity contribution in [3.63, 3.8) is 0 Å². The van der Waals surface area contributed by atoms with Gasteiger partial charge in [-0.05, 0) is 36.4 Å². The van der Waals surface area contributed by atoms with Crippen molar-refractivity contribution in [1.29, 1.82) is 0 Å². The highest BCUT2D eigenvalue weighted by Crippen LogP contribution is 2.64. The summed E-state index contributed by atoms with van der Waals surface area (Å²) < 4.78 is 48.3. The van der Waals surface area contributed by atoms with Gasteiger partial charge >= 0.3 is 6.18 Å². The van der Waals surface area contributed by atoms with Crippen molar-refractivity contribution >= 4 is 14.0 Å². The Morgan fingerprint density at radius 1 is 0.923 bits per heavy atom. The Morgan fingerprint density at radius 2 is 1.31 bits per heavy atom. The summed E-state index contributed by atoms with van der Waals surface area (Å²) in [6.07, 6.45) is -4.96. The number of aliphatic imine (C=N–C) groups is 1. The van der Waals surface area contributed by atoms with E-state index in [0.717, 1.165) is 0 Å². The number of rotatable bonds is 0. The van der Waals surface area contributed by atoms with Gasteiger partial charge in [-0.25, -0.2) is 0 Å². The standard InChI is InChI=1S/C19H36F3NO2Si/c1-12-13(2)26(16(6,7)8,17(9,10)11)25-18(24,19(20,21)22)14(12)23-15(3,4)5/h12-13,24H,1-11H3/t12-,13-,18+/m1/s1. The minimum atomic E-state index is -4.96. The van der Waals surface area contributed by atoms with Crippen LogP contribution in [0.15, 0.2) is 4.99 Å². The van der Waals surface area contributed by atoms with Crippen molar-refractivity contribution in [3.05, 3.63) is 0 Å². The van der Waals surface area contributed by atoms with Crippen molar-refractivity contribution < 1.29 is 22.7 Å². The van der Waals surface area contributed by atoms with Crippen LogP contribution < -0.4 is 0 Å². The lowest BCUT2D eigenvalue weighted by molar-refractivity contribution is -0.310. The maximum atomic E-state index is 14.1. The SMILES string of the molecule is C[C@@H]1[C@@H](C)C(=NC(C)(C)C)[C@@](O)(C(F)(F)F)O[Si]1(C(C)(C)C)C(C)(C)C. The quantitative estimate of drug-likeness (QED) is 0.505. The van der Waals surface area contributed by atoms with Crippen LogP contribution in [-0.4, -0.2) is 36.6 Å². The number of alkyl halides is 3. The third kappa shape index (κ3) is 3.63. The number of nitrogens with zero attached hydrogens (tertiary/aromatic N) is 1. The molecular formula is C19H36F3NO2Si. The zero-order chi connectivity index (χ0) is 21.1. The van der Waals surface area contributed by atoms with Crippen LogP contribution in [0.5, 0.6) is 0 Å². The minimum absolute atomic E-state index is 0.147. The molecule has 1 fully saturated rings. The summed E-state index contributed by atoms with van der Waals surface area (Å²) >= 11 is 0. The summed E-state index contributed by atoms with van der Waals surface area (Å²) in [5.41, 5.74) is -1.20. The van der Waals surface area contributed by atoms with Gasteiger partial charge in [-0.2, -0.15) is 13.2 Å². The largest absolute Gasteiger partial charge is 0.448 e. The second kappa shape index (κ2) is 6.31. The fourth-order valence-corrected chi connectivity index (χ4v) is 12.1. The number of hydrogen-bond donors (Lipinski definition) is 1. The first-order valence-corrected chi connectivity index (χ1v) is 11.2. The van der Waals surface area contributed by atoms with Crippen LogP contribution in [0.1, 0.15) is 76.2 Å². The molecule has 7 heteroatoms. The number of hydrogen-bond acceptors (Lipinski definition) is 3. The molecule has 0 saturated carbocycles. The van der Waals surface area contributed by atoms with Crippen molar-refractivity contribution in [2.75, 3.05) is 0 Å². The highest BCUT2D eigenvalue weighted by atomic mass is 28.4. The molecule has 1 N–H and O–H groups in total. The highest BCUT2D eigenvalue weighted by Gasteiger charge is 2.73. The highest BCUT2D eigenvalue weighted by molar-refractivity contribution is 6.81. The minimum Gasteiger partial charge on any atom is -0.378 e. The molecule has 0 bridgehead atoms. The molecule has 1 aliphatic heterocycles. The van der Waals surface area contributed by atoms with E-state index in [-0.39, 0.29) is 11.3 Å². The van der Waals surface area contributed by atoms with Gasteiger partial charge in [0.05, 0.1) is 11.3 Å². The van der Waals surface area contributed by atoms with Gasteiger partial charge in [0.1, 0.15) is 0 Å². The van der Waals surface area contributed by atoms with Crippen LogP contribution in [-0.2, 0) is 4.43 Å². The molecule has 0 radical (unpaired) electrons. The van der Waals surface area contributed by atoms with Gasteiger partial charge in [0, 0.05) is 5.92 Å². The summed E-state index contributed by atoms with van der Waals surface area (Å²) in [5, 5.41) is 9.92. The molecule has 0 aliphatic carbocycles. The fourth-order valence-electron chi connectivity index (χ4n) is 4.81. The lowest BCUT2D eigenvalue weighted by Crippen LogP contribution is -2.73. The molecule has 0 aromatic rings. The van der Waals surface area contributed by atoms with E-state index in [1.165, 1.54) is 0 Å². The summed E-state index contributed by atoms with van der Waals surface area (Å²) in [4.78, 5) is 4.29. The van der Waals surface area contributed by atoms with Crippen LogP contribution in [0.3, 0.4) is 0 Å². The molecule has 26 heavy (non-hydrogen) atoms. The molecule has 0 aromatic carbocycles. The van der Waals surface area contributed by atoms with Crippen LogP contribution in [0, 0.1) is 5.92 Å². The first kappa shape index (κ1) is 23.6. The van der Waals surface area contributed by atoms with E-state index in [9.17, 15) is 18.3 Å². The van der Waals surface area contributed by atoms with E-state index in [1.54, 1.807) is 27.7 Å². The first-order chi connectivity index (χ1) is 11.1. The molecule has 1 rings (SSSR count). The maximum Gasteiger partial charge on any atom is 0.448 e. The van der Waals surface area contributed by atoms with Crippen molar-refractivity contribution in [2.45, 2.75) is 109 Å². The Labute approximate surface area is 157 Å². The molecule has 0 spiro atoms. The molecule has 1 heterocycles. The van der Waals surface area contributed by atoms with Crippen molar-refractivity contribution in [1.82, 2.24) is 0 Å². The van der Waals surface area contributed by atoms with Crippen molar-refractivity contribution in [2.24, 2.45) is 10.9 Å². The monoisotopic (exact) mass is 395 g/mol. The summed E-state index contributed by atoms with van der Waals surface area (Å²) in [6.45, 7) is 20.4. The molecular weight excluding hydrogens is 359 g/mol. The molecule has 3 atom stereocenters. The second-order valence-corrected chi connectivity index (χ2v) is 16.3. The van der Waals surface area contributed by atoms with Gasteiger partial charge in [0.2, 0.25) is 8.32 Å². The van der Waals surface area contributed by atoms with E-state index in [4.69, 9.17) is 4.43 Å². The zero-order valence-corrected chi connectivity index (χ0v) is 19.1. The van der Waals surface area contributed by atoms with Crippen molar-refractivity contribution in [3.8, 4) is 0 Å². The van der Waals surface area contributed by atoms with E-state index in [1.807, 2.05) is 48.5 Å². The molecule has 0 unspecified atom stereocenters. The molecule has 154 valence electrons. The second-order valence-electron chi connectivity index (χ2n) is 10.7. The van der Waals surface area contributed by atoms with Crippen LogP contribution in [0.2, 0.25) is 15.6 Å². The Balaban J connectivity index is 3.88. The molecule has 1 aliphatic rings. The third-order valence-electron chi connectivity index (χ3n) is 5.55. The Morgan fingerprint density at radius 3 is 1.58 bits per heavy atom. The molecule has 1 saturated heterocycles. The zero-order valence-electron chi connectivity index (χ0n) is 18.1. The average Bonchev–Trinajstić information content (AvgIpc) is 2.33. The summed E-state index contributed by atoms with van der Waals surface area (Å²) in [5.74, 6) is -3.89. The predicted octanol–water partition coefficient (Wildman–Crippen LogP) is 6.08. The Kier molecular flexibility index (Phi) is 5.73. The number of halogens is 3. The van der Waals surface area contributed by atoms with E-state index in [2.05, 4.69) is 4.99 Å². The van der Waals surface area contributed by atoms with E-state index < -0.39 is 41.8 Å². The van der Waals surface area contributed by atoms with Crippen LogP contribution >= 0.6 is 0 Å². The van der Waals surface area contributed by atoms with Gasteiger partial charge in [0.25, 0.3) is 5.79 Å². The lowest BCUT2D eigenvalue weighted by atomic mass is 9.92. The van der Waals surface area contributed by atoms with Crippen LogP contribution in [0.25, 0.3) is 0 Å². The van der Waals surface area contributed by atoms with Gasteiger partial charge < -0.3 is 9.53 Å². The van der Waals surface area contributed by atoms with Gasteiger partial charge in [-0.1, -0.05) is 55.4 Å². The average molecular weight is 396 g/mol. The Hall–Kier alpha value is -0.403. The first-order valence-electron chi connectivity index (χ1n) is 9.21. The van der Waals surface area contributed by atoms with E-state index >= 15 is 0 Å². The van der Waals surface area contributed by atoms with Gasteiger partial charge in [-0.15, -0.1) is 0 Å². The molecule has 0 aromatic heterocycles.